The van der Waals surface area contributed by atoms with Crippen molar-refractivity contribution in [2.24, 2.45) is 0 Å². The van der Waals surface area contributed by atoms with Crippen LogP contribution in [0.5, 0.6) is 0 Å². The number of hydrogen-bond donors (Lipinski definition) is 2. The number of carbonyl (C=O) groups is 2. The van der Waals surface area contributed by atoms with Gasteiger partial charge in [0, 0.05) is 17.3 Å². The van der Waals surface area contributed by atoms with Crippen molar-refractivity contribution < 1.29 is 19.2 Å². The van der Waals surface area contributed by atoms with Crippen LogP contribution >= 0.6 is 0 Å². The average molecular weight is 267 g/mol. The van der Waals surface area contributed by atoms with Gasteiger partial charge < -0.3 is 15.4 Å². The van der Waals surface area contributed by atoms with E-state index in [0.717, 1.165) is 0 Å². The van der Waals surface area contributed by atoms with Crippen LogP contribution in [0, 0.1) is 17.0 Å². The van der Waals surface area contributed by atoms with E-state index in [1.54, 1.807) is 13.0 Å². The van der Waals surface area contributed by atoms with Crippen molar-refractivity contribution in [1.82, 2.24) is 5.32 Å². The monoisotopic (exact) mass is 267 g/mol. The minimum atomic E-state index is -0.731. The Morgan fingerprint density at radius 1 is 1.42 bits per heavy atom. The smallest absolute Gasteiger partial charge is 0.407 e. The molecular weight excluding hydrogens is 254 g/mol. The van der Waals surface area contributed by atoms with Gasteiger partial charge in [0.25, 0.3) is 5.69 Å². The Morgan fingerprint density at radius 2 is 2.11 bits per heavy atom. The Morgan fingerprint density at radius 3 is 2.68 bits per heavy atom. The van der Waals surface area contributed by atoms with Crippen LogP contribution < -0.4 is 10.6 Å². The number of nitro benzene ring substituents is 1. The Bertz CT molecular complexity index is 515. The molecule has 8 nitrogen and oxygen atoms in total. The van der Waals surface area contributed by atoms with Crippen molar-refractivity contribution in [2.75, 3.05) is 19.0 Å². The largest absolute Gasteiger partial charge is 0.453 e. The Balaban J connectivity index is 2.67. The lowest BCUT2D eigenvalue weighted by Crippen LogP contribution is -2.32. The molecule has 8 heteroatoms. The van der Waals surface area contributed by atoms with Gasteiger partial charge in [-0.05, 0) is 13.0 Å². The number of ether oxygens (including phenoxy) is 1. The van der Waals surface area contributed by atoms with Crippen LogP contribution in [0.25, 0.3) is 0 Å². The topological polar surface area (TPSA) is 111 Å². The molecule has 0 aliphatic carbocycles. The minimum absolute atomic E-state index is 0.0845. The Kier molecular flexibility index (Phi) is 4.81. The number of benzene rings is 1. The molecule has 0 heterocycles. The lowest BCUT2D eigenvalue weighted by Gasteiger charge is -2.06. The number of nitrogens with one attached hydrogen (secondary N) is 2. The second-order valence-electron chi connectivity index (χ2n) is 3.65. The summed E-state index contributed by atoms with van der Waals surface area (Å²) in [6.07, 6.45) is -0.731. The van der Waals surface area contributed by atoms with E-state index in [9.17, 15) is 19.7 Å². The van der Waals surface area contributed by atoms with E-state index in [1.807, 2.05) is 0 Å². The highest BCUT2D eigenvalue weighted by molar-refractivity contribution is 5.94. The molecule has 0 fully saturated rings. The van der Waals surface area contributed by atoms with Gasteiger partial charge in [0.05, 0.1) is 12.0 Å². The van der Waals surface area contributed by atoms with E-state index in [1.165, 1.54) is 19.2 Å². The Hall–Kier alpha value is -2.64. The molecule has 1 aromatic rings. The quantitative estimate of drug-likeness (QED) is 0.629. The molecule has 2 amide bonds. The molecule has 0 saturated carbocycles. The summed E-state index contributed by atoms with van der Waals surface area (Å²) in [6, 6.07) is 4.32. The highest BCUT2D eigenvalue weighted by Gasteiger charge is 2.12. The van der Waals surface area contributed by atoms with Crippen LogP contribution in [0.4, 0.5) is 16.2 Å². The normalized spacial score (nSPS) is 9.58. The number of aryl methyl sites for hydroxylation is 1. The van der Waals surface area contributed by atoms with Gasteiger partial charge >= 0.3 is 6.09 Å². The first kappa shape index (κ1) is 14.4. The standard InChI is InChI=1S/C11H13N3O5/c1-7-3-4-8(5-9(7)14(17)18)13-10(15)6-12-11(16)19-2/h3-5H,6H2,1-2H3,(H,12,16)(H,13,15). The number of anilines is 1. The summed E-state index contributed by atoms with van der Waals surface area (Å²) in [6.45, 7) is 1.32. The number of nitro groups is 1. The molecule has 1 aromatic carbocycles. The van der Waals surface area contributed by atoms with Gasteiger partial charge in [0.15, 0.2) is 0 Å². The van der Waals surface area contributed by atoms with E-state index in [2.05, 4.69) is 15.4 Å². The van der Waals surface area contributed by atoms with Crippen molar-refractivity contribution in [1.29, 1.82) is 0 Å². The molecule has 102 valence electrons. The van der Waals surface area contributed by atoms with E-state index in [-0.39, 0.29) is 17.9 Å². The first-order valence-corrected chi connectivity index (χ1v) is 5.30. The molecule has 0 aromatic heterocycles. The second kappa shape index (κ2) is 6.34. The molecule has 0 radical (unpaired) electrons. The third kappa shape index (κ3) is 4.26. The number of carbonyl (C=O) groups excluding carboxylic acids is 2. The zero-order valence-electron chi connectivity index (χ0n) is 10.4. The summed E-state index contributed by atoms with van der Waals surface area (Å²) in [5, 5.41) is 15.4. The van der Waals surface area contributed by atoms with Crippen LogP contribution in [0.2, 0.25) is 0 Å². The van der Waals surface area contributed by atoms with Gasteiger partial charge in [0.1, 0.15) is 6.54 Å². The first-order valence-electron chi connectivity index (χ1n) is 5.30. The molecule has 0 saturated heterocycles. The van der Waals surface area contributed by atoms with Crippen molar-refractivity contribution >= 4 is 23.4 Å². The summed E-state index contributed by atoms with van der Waals surface area (Å²) in [4.78, 5) is 32.4. The number of nitrogens with zero attached hydrogens (tertiary/aromatic N) is 1. The van der Waals surface area contributed by atoms with Gasteiger partial charge in [-0.25, -0.2) is 4.79 Å². The fourth-order valence-corrected chi connectivity index (χ4v) is 1.31. The van der Waals surface area contributed by atoms with E-state index in [4.69, 9.17) is 0 Å². The molecule has 0 unspecified atom stereocenters. The van der Waals surface area contributed by atoms with Crippen LogP contribution in [-0.4, -0.2) is 30.6 Å². The SMILES string of the molecule is COC(=O)NCC(=O)Nc1ccc(C)c([N+](=O)[O-])c1. The van der Waals surface area contributed by atoms with Crippen molar-refractivity contribution in [2.45, 2.75) is 6.92 Å². The molecule has 0 aliphatic heterocycles. The van der Waals surface area contributed by atoms with Crippen LogP contribution in [-0.2, 0) is 9.53 Å². The zero-order valence-corrected chi connectivity index (χ0v) is 10.4. The molecule has 0 aliphatic rings. The summed E-state index contributed by atoms with van der Waals surface area (Å²) in [7, 11) is 1.18. The van der Waals surface area contributed by atoms with Crippen molar-refractivity contribution in [3.63, 3.8) is 0 Å². The van der Waals surface area contributed by atoms with Crippen LogP contribution in [0.1, 0.15) is 5.56 Å². The van der Waals surface area contributed by atoms with Crippen molar-refractivity contribution in [3.05, 3.63) is 33.9 Å². The molecule has 0 spiro atoms. The molecular formula is C11H13N3O5. The van der Waals surface area contributed by atoms with E-state index in [0.29, 0.717) is 5.56 Å². The summed E-state index contributed by atoms with van der Waals surface area (Å²) >= 11 is 0. The van der Waals surface area contributed by atoms with Gasteiger partial charge in [0.2, 0.25) is 5.91 Å². The number of rotatable bonds is 4. The fraction of sp³-hybridized carbons (Fsp3) is 0.273. The first-order chi connectivity index (χ1) is 8.93. The van der Waals surface area contributed by atoms with Crippen LogP contribution in [0.3, 0.4) is 0 Å². The molecule has 2 N–H and O–H groups in total. The number of hydrogen-bond acceptors (Lipinski definition) is 5. The maximum atomic E-state index is 11.4. The number of amides is 2. The molecule has 19 heavy (non-hydrogen) atoms. The van der Waals surface area contributed by atoms with Gasteiger partial charge in [-0.1, -0.05) is 6.07 Å². The number of methoxy groups -OCH3 is 1. The minimum Gasteiger partial charge on any atom is -0.453 e. The summed E-state index contributed by atoms with van der Waals surface area (Å²) < 4.78 is 4.30. The third-order valence-electron chi connectivity index (χ3n) is 2.27. The lowest BCUT2D eigenvalue weighted by atomic mass is 10.2. The zero-order chi connectivity index (χ0) is 14.4. The summed E-state index contributed by atoms with van der Waals surface area (Å²) in [5.74, 6) is -0.511. The Labute approximate surface area is 108 Å². The van der Waals surface area contributed by atoms with Gasteiger partial charge in [-0.3, -0.25) is 14.9 Å². The average Bonchev–Trinajstić information content (AvgIpc) is 2.37. The fourth-order valence-electron chi connectivity index (χ4n) is 1.31. The van der Waals surface area contributed by atoms with E-state index >= 15 is 0 Å². The maximum Gasteiger partial charge on any atom is 0.407 e. The third-order valence-corrected chi connectivity index (χ3v) is 2.27. The highest BCUT2D eigenvalue weighted by atomic mass is 16.6. The number of alkyl carbamates (subject to hydrolysis) is 1. The highest BCUT2D eigenvalue weighted by Crippen LogP contribution is 2.22. The van der Waals surface area contributed by atoms with Gasteiger partial charge in [-0.15, -0.1) is 0 Å². The lowest BCUT2D eigenvalue weighted by molar-refractivity contribution is -0.385. The summed E-state index contributed by atoms with van der Waals surface area (Å²) in [5.41, 5.74) is 0.698. The van der Waals surface area contributed by atoms with E-state index < -0.39 is 16.9 Å². The predicted molar refractivity (Wildman–Crippen MR) is 66.9 cm³/mol. The predicted octanol–water partition coefficient (Wildman–Crippen LogP) is 1.20. The molecule has 1 rings (SSSR count). The maximum absolute atomic E-state index is 11.4. The van der Waals surface area contributed by atoms with Crippen LogP contribution in [0.15, 0.2) is 18.2 Å². The van der Waals surface area contributed by atoms with Crippen molar-refractivity contribution in [3.8, 4) is 0 Å². The molecule has 0 bridgehead atoms. The second-order valence-corrected chi connectivity index (χ2v) is 3.65. The molecule has 0 atom stereocenters. The van der Waals surface area contributed by atoms with Gasteiger partial charge in [-0.2, -0.15) is 0 Å².